The van der Waals surface area contributed by atoms with Crippen LogP contribution < -0.4 is 4.90 Å². The van der Waals surface area contributed by atoms with Crippen molar-refractivity contribution in [1.82, 2.24) is 4.90 Å². The maximum atomic E-state index is 12.1. The molecule has 0 N–H and O–H groups in total. The average Bonchev–Trinajstić information content (AvgIpc) is 2.62. The number of carbonyl (C=O) groups excluding carboxylic acids is 1. The van der Waals surface area contributed by atoms with Crippen LogP contribution in [0.1, 0.15) is 37.7 Å². The lowest BCUT2D eigenvalue weighted by Gasteiger charge is -2.40. The predicted octanol–water partition coefficient (Wildman–Crippen LogP) is 2.72. The van der Waals surface area contributed by atoms with Gasteiger partial charge in [0, 0.05) is 45.3 Å². The Morgan fingerprint density at radius 1 is 1.24 bits per heavy atom. The Bertz CT molecular complexity index is 641. The number of benzene rings is 1. The maximum absolute atomic E-state index is 12.1. The molecule has 0 spiro atoms. The number of likely N-dealkylation sites (tertiary alicyclic amines) is 1. The highest BCUT2D eigenvalue weighted by molar-refractivity contribution is 5.77. The van der Waals surface area contributed by atoms with Crippen LogP contribution in [0, 0.1) is 10.1 Å². The van der Waals surface area contributed by atoms with Gasteiger partial charge >= 0.3 is 0 Å². The lowest BCUT2D eigenvalue weighted by molar-refractivity contribution is -0.384. The van der Waals surface area contributed by atoms with Crippen LogP contribution in [0.3, 0.4) is 0 Å². The summed E-state index contributed by atoms with van der Waals surface area (Å²) in [5, 5.41) is 11.5. The molecule has 0 saturated carbocycles. The van der Waals surface area contributed by atoms with E-state index >= 15 is 0 Å². The number of amides is 1. The van der Waals surface area contributed by atoms with E-state index in [0.29, 0.717) is 18.7 Å². The number of methoxy groups -OCH3 is 1. The fourth-order valence-corrected chi connectivity index (χ4v) is 3.87. The first-order valence-electron chi connectivity index (χ1n) is 8.91. The molecule has 1 aromatic carbocycles. The molecule has 7 heteroatoms. The molecule has 0 aliphatic carbocycles. The first kappa shape index (κ1) is 17.7. The highest BCUT2D eigenvalue weighted by Crippen LogP contribution is 2.32. The van der Waals surface area contributed by atoms with Gasteiger partial charge in [-0.2, -0.15) is 0 Å². The van der Waals surface area contributed by atoms with Gasteiger partial charge in [0.1, 0.15) is 5.69 Å². The highest BCUT2D eigenvalue weighted by atomic mass is 16.6. The van der Waals surface area contributed by atoms with Crippen molar-refractivity contribution >= 4 is 17.3 Å². The number of nitro benzene ring substituents is 1. The summed E-state index contributed by atoms with van der Waals surface area (Å²) in [6.45, 7) is 2.69. The molecule has 2 saturated heterocycles. The lowest BCUT2D eigenvalue weighted by Crippen LogP contribution is -2.49. The summed E-state index contributed by atoms with van der Waals surface area (Å²) in [6, 6.07) is 5.57. The minimum Gasteiger partial charge on any atom is -0.380 e. The third-order valence-electron chi connectivity index (χ3n) is 5.15. The van der Waals surface area contributed by atoms with Crippen LogP contribution in [0.2, 0.25) is 0 Å². The third-order valence-corrected chi connectivity index (χ3v) is 5.15. The van der Waals surface area contributed by atoms with E-state index in [2.05, 4.69) is 4.90 Å². The molecular formula is C18H25N3O4. The van der Waals surface area contributed by atoms with Crippen LogP contribution in [0.4, 0.5) is 11.4 Å². The van der Waals surface area contributed by atoms with Gasteiger partial charge < -0.3 is 14.5 Å². The number of piperidine rings is 2. The zero-order valence-electron chi connectivity index (χ0n) is 14.6. The average molecular weight is 347 g/mol. The number of rotatable bonds is 5. The minimum absolute atomic E-state index is 0.127. The quantitative estimate of drug-likeness (QED) is 0.605. The zero-order valence-corrected chi connectivity index (χ0v) is 14.6. The smallest absolute Gasteiger partial charge is 0.292 e. The minimum atomic E-state index is -0.325. The van der Waals surface area contributed by atoms with Crippen LogP contribution in [0.25, 0.3) is 0 Å². The predicted molar refractivity (Wildman–Crippen MR) is 94.6 cm³/mol. The van der Waals surface area contributed by atoms with Crippen LogP contribution in [0.15, 0.2) is 18.2 Å². The van der Waals surface area contributed by atoms with Crippen molar-refractivity contribution in [3.8, 4) is 0 Å². The summed E-state index contributed by atoms with van der Waals surface area (Å²) < 4.78 is 5.07. The highest BCUT2D eigenvalue weighted by Gasteiger charge is 2.31. The third kappa shape index (κ3) is 3.92. The Morgan fingerprint density at radius 3 is 2.64 bits per heavy atom. The van der Waals surface area contributed by atoms with Crippen molar-refractivity contribution in [1.29, 1.82) is 0 Å². The second-order valence-corrected chi connectivity index (χ2v) is 6.78. The Labute approximate surface area is 147 Å². The van der Waals surface area contributed by atoms with Crippen molar-refractivity contribution in [2.45, 2.75) is 44.8 Å². The molecule has 2 aliphatic rings. The number of anilines is 1. The Balaban J connectivity index is 1.70. The van der Waals surface area contributed by atoms with E-state index in [-0.39, 0.29) is 22.6 Å². The molecule has 1 aromatic rings. The lowest BCUT2D eigenvalue weighted by atomic mass is 9.98. The summed E-state index contributed by atoms with van der Waals surface area (Å²) in [4.78, 5) is 27.3. The van der Waals surface area contributed by atoms with Crippen LogP contribution in [0.5, 0.6) is 0 Å². The van der Waals surface area contributed by atoms with E-state index in [4.69, 9.17) is 4.74 Å². The second kappa shape index (κ2) is 7.82. The number of ether oxygens (including phenoxy) is 1. The van der Waals surface area contributed by atoms with Crippen LogP contribution in [-0.2, 0) is 16.1 Å². The van der Waals surface area contributed by atoms with Crippen molar-refractivity contribution < 1.29 is 14.5 Å². The molecule has 25 heavy (non-hydrogen) atoms. The van der Waals surface area contributed by atoms with Gasteiger partial charge in [-0.25, -0.2) is 0 Å². The van der Waals surface area contributed by atoms with Gasteiger partial charge in [0.25, 0.3) is 5.69 Å². The summed E-state index contributed by atoms with van der Waals surface area (Å²) in [5.41, 5.74) is 1.59. The molecule has 0 atom stereocenters. The van der Waals surface area contributed by atoms with E-state index < -0.39 is 0 Å². The van der Waals surface area contributed by atoms with Crippen LogP contribution in [-0.4, -0.2) is 48.5 Å². The molecule has 0 radical (unpaired) electrons. The fourth-order valence-electron chi connectivity index (χ4n) is 3.87. The summed E-state index contributed by atoms with van der Waals surface area (Å²) in [6.07, 6.45) is 4.46. The standard InChI is InChI=1S/C18H25N3O4/c1-25-13-14-5-6-16(17(12-14)21(23)24)19-10-7-15(8-11-19)20-9-3-2-4-18(20)22/h5-6,12,15H,2-4,7-11,13H2,1H3. The molecule has 0 bridgehead atoms. The van der Waals surface area contributed by atoms with E-state index in [1.54, 1.807) is 13.2 Å². The molecule has 3 rings (SSSR count). The van der Waals surface area contributed by atoms with Gasteiger partial charge in [-0.05, 0) is 37.3 Å². The van der Waals surface area contributed by atoms with Gasteiger partial charge in [-0.15, -0.1) is 0 Å². The number of hydrogen-bond donors (Lipinski definition) is 0. The van der Waals surface area contributed by atoms with E-state index in [1.807, 2.05) is 17.0 Å². The second-order valence-electron chi connectivity index (χ2n) is 6.78. The van der Waals surface area contributed by atoms with E-state index in [1.165, 1.54) is 0 Å². The molecule has 0 aromatic heterocycles. The summed E-state index contributed by atoms with van der Waals surface area (Å²) in [5.74, 6) is 0.264. The van der Waals surface area contributed by atoms with E-state index in [9.17, 15) is 14.9 Å². The van der Waals surface area contributed by atoms with Crippen LogP contribution >= 0.6 is 0 Å². The van der Waals surface area contributed by atoms with Crippen molar-refractivity contribution in [3.63, 3.8) is 0 Å². The van der Waals surface area contributed by atoms with Gasteiger partial charge in [-0.3, -0.25) is 14.9 Å². The SMILES string of the molecule is COCc1ccc(N2CCC(N3CCCCC3=O)CC2)c([N+](=O)[O-])c1. The first-order chi connectivity index (χ1) is 12.1. The monoisotopic (exact) mass is 347 g/mol. The largest absolute Gasteiger partial charge is 0.380 e. The van der Waals surface area contributed by atoms with Crippen molar-refractivity contribution in [2.24, 2.45) is 0 Å². The first-order valence-corrected chi connectivity index (χ1v) is 8.91. The Morgan fingerprint density at radius 2 is 2.00 bits per heavy atom. The summed E-state index contributed by atoms with van der Waals surface area (Å²) >= 11 is 0. The number of nitrogens with zero attached hydrogens (tertiary/aromatic N) is 3. The van der Waals surface area contributed by atoms with Gasteiger partial charge in [0.05, 0.1) is 11.5 Å². The molecule has 0 unspecified atom stereocenters. The number of nitro groups is 1. The van der Waals surface area contributed by atoms with Gasteiger partial charge in [0.2, 0.25) is 5.91 Å². The molecule has 2 aliphatic heterocycles. The van der Waals surface area contributed by atoms with Crippen molar-refractivity contribution in [3.05, 3.63) is 33.9 Å². The molecule has 2 fully saturated rings. The molecule has 2 heterocycles. The number of carbonyl (C=O) groups is 1. The maximum Gasteiger partial charge on any atom is 0.292 e. The normalized spacial score (nSPS) is 19.3. The Hall–Kier alpha value is -2.15. The molecule has 1 amide bonds. The zero-order chi connectivity index (χ0) is 17.8. The van der Waals surface area contributed by atoms with E-state index in [0.717, 1.165) is 50.9 Å². The Kier molecular flexibility index (Phi) is 5.53. The molecule has 7 nitrogen and oxygen atoms in total. The fraction of sp³-hybridized carbons (Fsp3) is 0.611. The van der Waals surface area contributed by atoms with Crippen molar-refractivity contribution in [2.75, 3.05) is 31.6 Å². The van der Waals surface area contributed by atoms with Gasteiger partial charge in [-0.1, -0.05) is 6.07 Å². The van der Waals surface area contributed by atoms with Gasteiger partial charge in [0.15, 0.2) is 0 Å². The molecular weight excluding hydrogens is 322 g/mol. The molecule has 136 valence electrons. The number of hydrogen-bond acceptors (Lipinski definition) is 5. The summed E-state index contributed by atoms with van der Waals surface area (Å²) in [7, 11) is 1.58. The topological polar surface area (TPSA) is 75.9 Å².